The van der Waals surface area contributed by atoms with E-state index in [0.717, 1.165) is 16.7 Å². The third kappa shape index (κ3) is 2.37. The molecule has 0 unspecified atom stereocenters. The Kier molecular flexibility index (Phi) is 4.03. The van der Waals surface area contributed by atoms with Gasteiger partial charge in [-0.3, -0.25) is 0 Å². The number of phenolic OH excluding ortho intramolecular Hbond substituents is 1. The Hall–Kier alpha value is -2.36. The maximum atomic E-state index is 9.52. The van der Waals surface area contributed by atoms with Crippen LogP contribution < -0.4 is 14.2 Å². The van der Waals surface area contributed by atoms with E-state index in [2.05, 4.69) is 0 Å². The second-order valence-corrected chi connectivity index (χ2v) is 4.38. The monoisotopic (exact) mass is 274 g/mol. The molecule has 2 rings (SSSR count). The third-order valence-electron chi connectivity index (χ3n) is 3.20. The number of hydrogen-bond acceptors (Lipinski definition) is 4. The van der Waals surface area contributed by atoms with Gasteiger partial charge in [-0.25, -0.2) is 0 Å². The molecule has 0 aliphatic carbocycles. The summed E-state index contributed by atoms with van der Waals surface area (Å²) in [5.41, 5.74) is 2.82. The molecule has 106 valence electrons. The normalized spacial score (nSPS) is 10.2. The topological polar surface area (TPSA) is 47.9 Å². The van der Waals surface area contributed by atoms with Crippen LogP contribution in [0.5, 0.6) is 23.0 Å². The van der Waals surface area contributed by atoms with E-state index in [1.807, 2.05) is 25.1 Å². The maximum Gasteiger partial charge on any atom is 0.203 e. The molecule has 0 amide bonds. The highest BCUT2D eigenvalue weighted by molar-refractivity contribution is 5.78. The maximum absolute atomic E-state index is 9.52. The highest BCUT2D eigenvalue weighted by Gasteiger charge is 2.18. The van der Waals surface area contributed by atoms with Crippen LogP contribution in [0.15, 0.2) is 30.3 Å². The Labute approximate surface area is 118 Å². The Balaban J connectivity index is 2.68. The van der Waals surface area contributed by atoms with Gasteiger partial charge in [-0.15, -0.1) is 0 Å². The molecular weight excluding hydrogens is 256 g/mol. The molecule has 4 heteroatoms. The van der Waals surface area contributed by atoms with E-state index in [-0.39, 0.29) is 5.75 Å². The number of aryl methyl sites for hydroxylation is 1. The van der Waals surface area contributed by atoms with Crippen molar-refractivity contribution in [2.75, 3.05) is 21.3 Å². The minimum atomic E-state index is 0.241. The Morgan fingerprint density at radius 2 is 1.45 bits per heavy atom. The first-order valence-corrected chi connectivity index (χ1v) is 6.21. The SMILES string of the molecule is COc1ccc(-c2ccc(O)cc2C)c(OC)c1OC. The molecule has 0 fully saturated rings. The molecule has 0 radical (unpaired) electrons. The van der Waals surface area contributed by atoms with Crippen LogP contribution in [0.1, 0.15) is 5.56 Å². The number of methoxy groups -OCH3 is 3. The van der Waals surface area contributed by atoms with E-state index in [1.54, 1.807) is 33.5 Å². The lowest BCUT2D eigenvalue weighted by Gasteiger charge is -2.17. The summed E-state index contributed by atoms with van der Waals surface area (Å²) in [5.74, 6) is 2.02. The van der Waals surface area contributed by atoms with Gasteiger partial charge in [0.25, 0.3) is 0 Å². The van der Waals surface area contributed by atoms with Gasteiger partial charge in [0, 0.05) is 5.56 Å². The van der Waals surface area contributed by atoms with Gasteiger partial charge in [0.1, 0.15) is 5.75 Å². The van der Waals surface area contributed by atoms with E-state index in [1.165, 1.54) is 0 Å². The van der Waals surface area contributed by atoms with Gasteiger partial charge in [-0.2, -0.15) is 0 Å². The third-order valence-corrected chi connectivity index (χ3v) is 3.20. The van der Waals surface area contributed by atoms with Crippen molar-refractivity contribution in [1.29, 1.82) is 0 Å². The van der Waals surface area contributed by atoms with Crippen LogP contribution in [0, 0.1) is 6.92 Å². The summed E-state index contributed by atoms with van der Waals surface area (Å²) in [6, 6.07) is 8.97. The standard InChI is InChI=1S/C16H18O4/c1-10-9-11(17)5-6-12(10)13-7-8-14(18-2)16(20-4)15(13)19-3/h5-9,17H,1-4H3. The van der Waals surface area contributed by atoms with Gasteiger partial charge < -0.3 is 19.3 Å². The van der Waals surface area contributed by atoms with Crippen LogP contribution >= 0.6 is 0 Å². The minimum Gasteiger partial charge on any atom is -0.508 e. The fourth-order valence-electron chi connectivity index (χ4n) is 2.26. The molecule has 2 aromatic rings. The van der Waals surface area contributed by atoms with Crippen molar-refractivity contribution in [2.24, 2.45) is 0 Å². The Morgan fingerprint density at radius 1 is 0.800 bits per heavy atom. The summed E-state index contributed by atoms with van der Waals surface area (Å²) in [5, 5.41) is 9.52. The molecule has 0 bridgehead atoms. The van der Waals surface area contributed by atoms with E-state index in [4.69, 9.17) is 14.2 Å². The van der Waals surface area contributed by atoms with Crippen molar-refractivity contribution >= 4 is 0 Å². The van der Waals surface area contributed by atoms with Gasteiger partial charge in [0.15, 0.2) is 11.5 Å². The molecule has 4 nitrogen and oxygen atoms in total. The summed E-state index contributed by atoms with van der Waals surface area (Å²) >= 11 is 0. The van der Waals surface area contributed by atoms with Crippen molar-refractivity contribution in [1.82, 2.24) is 0 Å². The first-order valence-electron chi connectivity index (χ1n) is 6.21. The second-order valence-electron chi connectivity index (χ2n) is 4.38. The van der Waals surface area contributed by atoms with Crippen LogP contribution in [0.2, 0.25) is 0 Å². The van der Waals surface area contributed by atoms with Gasteiger partial charge in [0.05, 0.1) is 21.3 Å². The summed E-state index contributed by atoms with van der Waals surface area (Å²) in [7, 11) is 4.76. The summed E-state index contributed by atoms with van der Waals surface area (Å²) in [4.78, 5) is 0. The average molecular weight is 274 g/mol. The van der Waals surface area contributed by atoms with Crippen LogP contribution in [-0.2, 0) is 0 Å². The highest BCUT2D eigenvalue weighted by atomic mass is 16.5. The number of phenols is 1. The first-order chi connectivity index (χ1) is 9.62. The number of aromatic hydroxyl groups is 1. The largest absolute Gasteiger partial charge is 0.508 e. The van der Waals surface area contributed by atoms with E-state index < -0.39 is 0 Å². The van der Waals surface area contributed by atoms with E-state index in [0.29, 0.717) is 17.2 Å². The lowest BCUT2D eigenvalue weighted by Crippen LogP contribution is -1.97. The molecule has 0 spiro atoms. The molecule has 0 heterocycles. The molecular formula is C16H18O4. The smallest absolute Gasteiger partial charge is 0.203 e. The van der Waals surface area contributed by atoms with Crippen molar-refractivity contribution in [3.05, 3.63) is 35.9 Å². The molecule has 2 aromatic carbocycles. The lowest BCUT2D eigenvalue weighted by molar-refractivity contribution is 0.325. The van der Waals surface area contributed by atoms with E-state index >= 15 is 0 Å². The zero-order valence-electron chi connectivity index (χ0n) is 12.1. The van der Waals surface area contributed by atoms with Crippen LogP contribution in [-0.4, -0.2) is 26.4 Å². The summed E-state index contributed by atoms with van der Waals surface area (Å²) in [6.07, 6.45) is 0. The fourth-order valence-corrected chi connectivity index (χ4v) is 2.26. The first kappa shape index (κ1) is 14.1. The molecule has 0 aliphatic rings. The number of ether oxygens (including phenoxy) is 3. The molecule has 0 aromatic heterocycles. The van der Waals surface area contributed by atoms with Gasteiger partial charge >= 0.3 is 0 Å². The predicted octanol–water partition coefficient (Wildman–Crippen LogP) is 3.39. The van der Waals surface area contributed by atoms with Crippen LogP contribution in [0.3, 0.4) is 0 Å². The number of hydrogen-bond donors (Lipinski definition) is 1. The van der Waals surface area contributed by atoms with Crippen LogP contribution in [0.4, 0.5) is 0 Å². The zero-order valence-corrected chi connectivity index (χ0v) is 12.1. The summed E-state index contributed by atoms with van der Waals surface area (Å²) < 4.78 is 16.1. The highest BCUT2D eigenvalue weighted by Crippen LogP contribution is 2.45. The number of benzene rings is 2. The zero-order chi connectivity index (χ0) is 14.7. The molecule has 0 atom stereocenters. The lowest BCUT2D eigenvalue weighted by atomic mass is 9.98. The van der Waals surface area contributed by atoms with Gasteiger partial charge in [-0.05, 0) is 42.3 Å². The quantitative estimate of drug-likeness (QED) is 0.928. The van der Waals surface area contributed by atoms with Crippen molar-refractivity contribution in [2.45, 2.75) is 6.92 Å². The minimum absolute atomic E-state index is 0.241. The van der Waals surface area contributed by atoms with Crippen LogP contribution in [0.25, 0.3) is 11.1 Å². The molecule has 20 heavy (non-hydrogen) atoms. The molecule has 0 aliphatic heterocycles. The molecule has 1 N–H and O–H groups in total. The van der Waals surface area contributed by atoms with Crippen molar-refractivity contribution in [3.63, 3.8) is 0 Å². The van der Waals surface area contributed by atoms with Crippen molar-refractivity contribution < 1.29 is 19.3 Å². The fraction of sp³-hybridized carbons (Fsp3) is 0.250. The average Bonchev–Trinajstić information content (AvgIpc) is 2.45. The number of rotatable bonds is 4. The predicted molar refractivity (Wildman–Crippen MR) is 77.9 cm³/mol. The van der Waals surface area contributed by atoms with Crippen molar-refractivity contribution in [3.8, 4) is 34.1 Å². The molecule has 0 saturated heterocycles. The van der Waals surface area contributed by atoms with Gasteiger partial charge in [-0.1, -0.05) is 6.07 Å². The Morgan fingerprint density at radius 3 is 2.00 bits per heavy atom. The second kappa shape index (κ2) is 5.74. The Bertz CT molecular complexity index is 620. The van der Waals surface area contributed by atoms with Gasteiger partial charge in [0.2, 0.25) is 5.75 Å². The summed E-state index contributed by atoms with van der Waals surface area (Å²) in [6.45, 7) is 1.94. The van der Waals surface area contributed by atoms with E-state index in [9.17, 15) is 5.11 Å². The molecule has 0 saturated carbocycles.